The predicted octanol–water partition coefficient (Wildman–Crippen LogP) is 3.51. The van der Waals surface area contributed by atoms with Gasteiger partial charge in [-0.05, 0) is 36.3 Å². The molecular weight excluding hydrogens is 372 g/mol. The second-order valence-electron chi connectivity index (χ2n) is 7.09. The first-order valence-corrected chi connectivity index (χ1v) is 10.6. The van der Waals surface area contributed by atoms with E-state index >= 15 is 0 Å². The van der Waals surface area contributed by atoms with Crippen molar-refractivity contribution in [3.05, 3.63) is 59.3 Å². The quantitative estimate of drug-likeness (QED) is 0.662. The molecule has 0 unspecified atom stereocenters. The zero-order chi connectivity index (χ0) is 19.2. The molecule has 1 saturated heterocycles. The van der Waals surface area contributed by atoms with Crippen molar-refractivity contribution in [1.82, 2.24) is 20.4 Å². The maximum Gasteiger partial charge on any atom is 0.241 e. The fourth-order valence-electron chi connectivity index (χ4n) is 3.45. The van der Waals surface area contributed by atoms with Crippen molar-refractivity contribution in [2.24, 2.45) is 0 Å². The summed E-state index contributed by atoms with van der Waals surface area (Å²) in [4.78, 5) is 20.0. The first-order valence-electron chi connectivity index (χ1n) is 9.68. The summed E-state index contributed by atoms with van der Waals surface area (Å²) in [6.07, 6.45) is 3.22. The molecular formula is C21H24N4O2S. The molecule has 1 aromatic carbocycles. The average molecular weight is 397 g/mol. The summed E-state index contributed by atoms with van der Waals surface area (Å²) < 4.78 is 5.39. The lowest BCUT2D eigenvalue weighted by atomic mass is 10.0. The van der Waals surface area contributed by atoms with Gasteiger partial charge < -0.3 is 9.84 Å². The summed E-state index contributed by atoms with van der Waals surface area (Å²) in [5, 5.41) is 9.25. The van der Waals surface area contributed by atoms with E-state index in [2.05, 4.69) is 32.5 Å². The molecule has 0 saturated carbocycles. The number of rotatable bonds is 7. The maximum absolute atomic E-state index is 12.2. The number of carbonyl (C=O) groups excluding carboxylic acids is 1. The second kappa shape index (κ2) is 9.12. The van der Waals surface area contributed by atoms with Gasteiger partial charge in [0.1, 0.15) is 0 Å². The lowest BCUT2D eigenvalue weighted by molar-refractivity contribution is -0.122. The zero-order valence-corrected chi connectivity index (χ0v) is 16.5. The van der Waals surface area contributed by atoms with Crippen LogP contribution in [0.5, 0.6) is 0 Å². The highest BCUT2D eigenvalue weighted by atomic mass is 32.1. The molecule has 28 heavy (non-hydrogen) atoms. The van der Waals surface area contributed by atoms with Crippen LogP contribution in [0.15, 0.2) is 52.4 Å². The number of aryl methyl sites for hydroxylation is 1. The molecule has 3 heterocycles. The Morgan fingerprint density at radius 1 is 1.18 bits per heavy atom. The first-order chi connectivity index (χ1) is 13.8. The molecule has 1 fully saturated rings. The van der Waals surface area contributed by atoms with E-state index in [0.29, 0.717) is 24.7 Å². The van der Waals surface area contributed by atoms with Gasteiger partial charge in [-0.15, -0.1) is 11.3 Å². The van der Waals surface area contributed by atoms with Gasteiger partial charge in [-0.2, -0.15) is 4.98 Å². The van der Waals surface area contributed by atoms with Gasteiger partial charge in [0.05, 0.1) is 11.4 Å². The monoisotopic (exact) mass is 396 g/mol. The molecule has 3 aromatic rings. The second-order valence-corrected chi connectivity index (χ2v) is 8.04. The third-order valence-corrected chi connectivity index (χ3v) is 5.87. The molecule has 1 aliphatic rings. The Balaban J connectivity index is 1.19. The van der Waals surface area contributed by atoms with Gasteiger partial charge in [0.25, 0.3) is 0 Å². The molecule has 1 amide bonds. The van der Waals surface area contributed by atoms with Crippen LogP contribution in [0.1, 0.15) is 30.7 Å². The Kier molecular flexibility index (Phi) is 6.14. The minimum atomic E-state index is 0.139. The minimum Gasteiger partial charge on any atom is -0.353 e. The molecule has 1 N–H and O–H groups in total. The van der Waals surface area contributed by atoms with Crippen LogP contribution in [0.3, 0.4) is 0 Å². The number of hydrogen-bond acceptors (Lipinski definition) is 6. The van der Waals surface area contributed by atoms with E-state index in [9.17, 15) is 4.79 Å². The number of likely N-dealkylation sites (tertiary alicyclic amines) is 1. The van der Waals surface area contributed by atoms with Gasteiger partial charge in [0.15, 0.2) is 0 Å². The van der Waals surface area contributed by atoms with E-state index in [1.165, 1.54) is 5.56 Å². The fourth-order valence-corrected chi connectivity index (χ4v) is 4.10. The third-order valence-electron chi connectivity index (χ3n) is 5.00. The summed E-state index contributed by atoms with van der Waals surface area (Å²) in [6, 6.07) is 14.4. The number of carbonyl (C=O) groups is 1. The third kappa shape index (κ3) is 5.05. The number of benzene rings is 1. The molecule has 0 aliphatic carbocycles. The lowest BCUT2D eigenvalue weighted by Gasteiger charge is -2.31. The Morgan fingerprint density at radius 3 is 2.75 bits per heavy atom. The smallest absolute Gasteiger partial charge is 0.241 e. The minimum absolute atomic E-state index is 0.139. The molecule has 0 radical (unpaired) electrons. The Labute approximate surface area is 168 Å². The van der Waals surface area contributed by atoms with E-state index in [4.69, 9.17) is 4.52 Å². The highest BCUT2D eigenvalue weighted by Gasteiger charge is 2.22. The van der Waals surface area contributed by atoms with Crippen LogP contribution in [-0.4, -0.2) is 40.1 Å². The molecule has 0 spiro atoms. The van der Waals surface area contributed by atoms with Crippen LogP contribution < -0.4 is 5.32 Å². The maximum atomic E-state index is 12.2. The fraction of sp³-hybridized carbons (Fsp3) is 0.381. The number of piperidine rings is 1. The zero-order valence-electron chi connectivity index (χ0n) is 15.7. The van der Waals surface area contributed by atoms with Gasteiger partial charge in [0.2, 0.25) is 17.6 Å². The highest BCUT2D eigenvalue weighted by Crippen LogP contribution is 2.22. The van der Waals surface area contributed by atoms with Gasteiger partial charge in [0, 0.05) is 25.6 Å². The van der Waals surface area contributed by atoms with Crippen molar-refractivity contribution in [2.75, 3.05) is 13.1 Å². The van der Waals surface area contributed by atoms with E-state index in [1.807, 2.05) is 35.7 Å². The van der Waals surface area contributed by atoms with Crippen molar-refractivity contribution in [2.45, 2.75) is 38.3 Å². The Morgan fingerprint density at radius 2 is 2.00 bits per heavy atom. The first kappa shape index (κ1) is 18.8. The molecule has 4 rings (SSSR count). The summed E-state index contributed by atoms with van der Waals surface area (Å²) >= 11 is 1.61. The summed E-state index contributed by atoms with van der Waals surface area (Å²) in [5.74, 6) is 1.44. The van der Waals surface area contributed by atoms with Crippen LogP contribution in [0.2, 0.25) is 0 Å². The number of thiophene rings is 1. The average Bonchev–Trinajstić information content (AvgIpc) is 3.41. The molecule has 2 aromatic heterocycles. The number of hydrogen-bond donors (Lipinski definition) is 1. The van der Waals surface area contributed by atoms with Crippen molar-refractivity contribution in [3.8, 4) is 10.7 Å². The van der Waals surface area contributed by atoms with Crippen LogP contribution in [0, 0.1) is 0 Å². The van der Waals surface area contributed by atoms with E-state index in [-0.39, 0.29) is 11.9 Å². The van der Waals surface area contributed by atoms with Gasteiger partial charge in [-0.1, -0.05) is 41.6 Å². The van der Waals surface area contributed by atoms with Crippen LogP contribution in [0.25, 0.3) is 10.7 Å². The standard InChI is InChI=1S/C21H24N4O2S/c26-19(9-8-16-5-2-1-3-6-16)22-17-10-12-25(13-11-17)15-20-23-21(24-27-20)18-7-4-14-28-18/h1-7,14,17H,8-13,15H2,(H,22,26). The summed E-state index contributed by atoms with van der Waals surface area (Å²) in [7, 11) is 0. The summed E-state index contributed by atoms with van der Waals surface area (Å²) in [5.41, 5.74) is 1.20. The normalized spacial score (nSPS) is 15.6. The van der Waals surface area contributed by atoms with Gasteiger partial charge in [-0.3, -0.25) is 9.69 Å². The molecule has 6 nitrogen and oxygen atoms in total. The van der Waals surface area contributed by atoms with Gasteiger partial charge in [-0.25, -0.2) is 0 Å². The number of amides is 1. The van der Waals surface area contributed by atoms with E-state index in [0.717, 1.165) is 37.2 Å². The lowest BCUT2D eigenvalue weighted by Crippen LogP contribution is -2.44. The van der Waals surface area contributed by atoms with E-state index < -0.39 is 0 Å². The Hall–Kier alpha value is -2.51. The van der Waals surface area contributed by atoms with Crippen molar-refractivity contribution < 1.29 is 9.32 Å². The van der Waals surface area contributed by atoms with E-state index in [1.54, 1.807) is 11.3 Å². The van der Waals surface area contributed by atoms with Crippen molar-refractivity contribution >= 4 is 17.2 Å². The number of nitrogens with zero attached hydrogens (tertiary/aromatic N) is 3. The summed E-state index contributed by atoms with van der Waals surface area (Å²) in [6.45, 7) is 2.49. The number of nitrogens with one attached hydrogen (secondary N) is 1. The molecule has 7 heteroatoms. The molecule has 0 bridgehead atoms. The largest absolute Gasteiger partial charge is 0.353 e. The SMILES string of the molecule is O=C(CCc1ccccc1)NC1CCN(Cc2nc(-c3cccs3)no2)CC1. The Bertz CT molecular complexity index is 871. The van der Waals surface area contributed by atoms with Crippen molar-refractivity contribution in [3.63, 3.8) is 0 Å². The van der Waals surface area contributed by atoms with Gasteiger partial charge >= 0.3 is 0 Å². The molecule has 146 valence electrons. The molecule has 1 aliphatic heterocycles. The highest BCUT2D eigenvalue weighted by molar-refractivity contribution is 7.13. The van der Waals surface area contributed by atoms with Crippen molar-refractivity contribution in [1.29, 1.82) is 0 Å². The van der Waals surface area contributed by atoms with Crippen LogP contribution >= 0.6 is 11.3 Å². The molecule has 0 atom stereocenters. The van der Waals surface area contributed by atoms with Crippen LogP contribution in [-0.2, 0) is 17.8 Å². The van der Waals surface area contributed by atoms with Crippen LogP contribution in [0.4, 0.5) is 0 Å². The topological polar surface area (TPSA) is 71.3 Å². The number of aromatic nitrogens is 2. The predicted molar refractivity (Wildman–Crippen MR) is 109 cm³/mol.